The molecule has 0 aliphatic heterocycles. The first-order valence-electron chi connectivity index (χ1n) is 9.70. The molecule has 0 aromatic carbocycles. The summed E-state index contributed by atoms with van der Waals surface area (Å²) in [6.07, 6.45) is -0.139. The van der Waals surface area contributed by atoms with Crippen LogP contribution >= 0.6 is 11.3 Å². The Kier molecular flexibility index (Phi) is 9.36. The van der Waals surface area contributed by atoms with Crippen LogP contribution in [0.2, 0.25) is 0 Å². The SMILES string of the molecule is CCOC(=O)c1csc([C@@H](C[C@@H](C(C)C)N(C)C(=O)OC(C)(C)C)OCC)n1. The highest BCUT2D eigenvalue weighted by Crippen LogP contribution is 2.30. The number of thiazole rings is 1. The Labute approximate surface area is 172 Å². The molecule has 7 nitrogen and oxygen atoms in total. The topological polar surface area (TPSA) is 78.0 Å². The van der Waals surface area contributed by atoms with Gasteiger partial charge in [-0.25, -0.2) is 14.6 Å². The summed E-state index contributed by atoms with van der Waals surface area (Å²) in [6, 6.07) is -0.110. The number of carbonyl (C=O) groups is 2. The van der Waals surface area contributed by atoms with Gasteiger partial charge in [0.15, 0.2) is 5.69 Å². The Morgan fingerprint density at radius 3 is 2.36 bits per heavy atom. The Hall–Kier alpha value is -1.67. The molecule has 160 valence electrons. The zero-order valence-electron chi connectivity index (χ0n) is 18.3. The Bertz CT molecular complexity index is 639. The maximum Gasteiger partial charge on any atom is 0.410 e. The number of rotatable bonds is 9. The van der Waals surface area contributed by atoms with Crippen molar-refractivity contribution in [2.75, 3.05) is 20.3 Å². The van der Waals surface area contributed by atoms with Crippen LogP contribution in [0.4, 0.5) is 4.79 Å². The van der Waals surface area contributed by atoms with Crippen molar-refractivity contribution in [2.24, 2.45) is 5.92 Å². The molecule has 1 heterocycles. The van der Waals surface area contributed by atoms with Gasteiger partial charge in [-0.1, -0.05) is 13.8 Å². The maximum atomic E-state index is 12.5. The average Bonchev–Trinajstić information content (AvgIpc) is 3.06. The summed E-state index contributed by atoms with van der Waals surface area (Å²) in [7, 11) is 1.74. The molecule has 0 saturated carbocycles. The molecular formula is C20H34N2O5S. The van der Waals surface area contributed by atoms with Crippen molar-refractivity contribution >= 4 is 23.4 Å². The predicted octanol–water partition coefficient (Wildman–Crippen LogP) is 4.68. The van der Waals surface area contributed by atoms with Crippen LogP contribution < -0.4 is 0 Å². The minimum Gasteiger partial charge on any atom is -0.461 e. The van der Waals surface area contributed by atoms with Crippen LogP contribution in [0.15, 0.2) is 5.38 Å². The number of carbonyl (C=O) groups excluding carboxylic acids is 2. The lowest BCUT2D eigenvalue weighted by Gasteiger charge is -2.34. The number of hydrogen-bond donors (Lipinski definition) is 0. The van der Waals surface area contributed by atoms with Crippen LogP contribution in [0.5, 0.6) is 0 Å². The van der Waals surface area contributed by atoms with Crippen molar-refractivity contribution in [1.29, 1.82) is 0 Å². The van der Waals surface area contributed by atoms with Crippen molar-refractivity contribution < 1.29 is 23.8 Å². The number of amides is 1. The second kappa shape index (κ2) is 10.8. The van der Waals surface area contributed by atoms with Crippen molar-refractivity contribution in [3.63, 3.8) is 0 Å². The summed E-state index contributed by atoms with van der Waals surface area (Å²) in [5, 5.41) is 2.38. The molecule has 0 fully saturated rings. The molecule has 0 saturated heterocycles. The Morgan fingerprint density at radius 1 is 1.21 bits per heavy atom. The minimum atomic E-state index is -0.559. The first-order chi connectivity index (χ1) is 13.0. The monoisotopic (exact) mass is 414 g/mol. The average molecular weight is 415 g/mol. The molecule has 28 heavy (non-hydrogen) atoms. The Balaban J connectivity index is 2.99. The van der Waals surface area contributed by atoms with Gasteiger partial charge < -0.3 is 19.1 Å². The number of esters is 1. The lowest BCUT2D eigenvalue weighted by Crippen LogP contribution is -2.44. The maximum absolute atomic E-state index is 12.5. The highest BCUT2D eigenvalue weighted by Gasteiger charge is 2.31. The van der Waals surface area contributed by atoms with Crippen LogP contribution in [0.3, 0.4) is 0 Å². The smallest absolute Gasteiger partial charge is 0.410 e. The molecule has 2 atom stereocenters. The van der Waals surface area contributed by atoms with Crippen LogP contribution in [0.1, 0.15) is 76.5 Å². The zero-order chi connectivity index (χ0) is 21.5. The lowest BCUT2D eigenvalue weighted by atomic mass is 9.96. The first kappa shape index (κ1) is 24.4. The fourth-order valence-electron chi connectivity index (χ4n) is 2.74. The van der Waals surface area contributed by atoms with Crippen molar-refractivity contribution in [3.8, 4) is 0 Å². The largest absolute Gasteiger partial charge is 0.461 e. The molecule has 0 aliphatic rings. The van der Waals surface area contributed by atoms with E-state index in [1.807, 2.05) is 27.7 Å². The molecule has 1 amide bonds. The molecule has 1 rings (SSSR count). The summed E-state index contributed by atoms with van der Waals surface area (Å²) in [5.74, 6) is -0.253. The van der Waals surface area contributed by atoms with Gasteiger partial charge in [-0.05, 0) is 40.5 Å². The molecule has 0 aliphatic carbocycles. The second-order valence-electron chi connectivity index (χ2n) is 7.87. The third-order valence-corrected chi connectivity index (χ3v) is 4.99. The van der Waals surface area contributed by atoms with Crippen LogP contribution in [-0.2, 0) is 14.2 Å². The molecule has 1 aromatic heterocycles. The van der Waals surface area contributed by atoms with Crippen LogP contribution in [0.25, 0.3) is 0 Å². The van der Waals surface area contributed by atoms with E-state index in [0.29, 0.717) is 24.6 Å². The number of ether oxygens (including phenoxy) is 3. The lowest BCUT2D eigenvalue weighted by molar-refractivity contribution is -0.000900. The predicted molar refractivity (Wildman–Crippen MR) is 110 cm³/mol. The fraction of sp³-hybridized carbons (Fsp3) is 0.750. The molecule has 8 heteroatoms. The van der Waals surface area contributed by atoms with Gasteiger partial charge in [-0.15, -0.1) is 11.3 Å². The third kappa shape index (κ3) is 7.39. The molecule has 0 unspecified atom stereocenters. The summed E-state index contributed by atoms with van der Waals surface area (Å²) in [6.45, 7) is 14.1. The van der Waals surface area contributed by atoms with E-state index >= 15 is 0 Å². The summed E-state index contributed by atoms with van der Waals surface area (Å²) in [5.41, 5.74) is -0.274. The number of nitrogens with zero attached hydrogens (tertiary/aromatic N) is 2. The minimum absolute atomic E-state index is 0.110. The first-order valence-corrected chi connectivity index (χ1v) is 10.6. The van der Waals surface area contributed by atoms with Gasteiger partial charge in [0.25, 0.3) is 0 Å². The summed E-state index contributed by atoms with van der Waals surface area (Å²) >= 11 is 1.36. The van der Waals surface area contributed by atoms with Gasteiger partial charge in [-0.3, -0.25) is 0 Å². The van der Waals surface area contributed by atoms with Crippen molar-refractivity contribution in [1.82, 2.24) is 9.88 Å². The molecule has 0 radical (unpaired) electrons. The fourth-order valence-corrected chi connectivity index (χ4v) is 3.59. The van der Waals surface area contributed by atoms with Crippen LogP contribution in [0, 0.1) is 5.92 Å². The summed E-state index contributed by atoms with van der Waals surface area (Å²) in [4.78, 5) is 30.5. The van der Waals surface area contributed by atoms with E-state index in [2.05, 4.69) is 18.8 Å². The highest BCUT2D eigenvalue weighted by atomic mass is 32.1. The molecular weight excluding hydrogens is 380 g/mol. The van der Waals surface area contributed by atoms with Gasteiger partial charge in [0.1, 0.15) is 16.7 Å². The highest BCUT2D eigenvalue weighted by molar-refractivity contribution is 7.09. The van der Waals surface area contributed by atoms with E-state index in [1.54, 1.807) is 24.3 Å². The molecule has 0 spiro atoms. The standard InChI is InChI=1S/C20H34N2O5S/c1-9-25-16(17-21-14(12-28-17)18(23)26-10-2)11-15(13(3)4)22(8)19(24)27-20(5,6)7/h12-13,15-16H,9-11H2,1-8H3/t15-,16+/m0/s1. The summed E-state index contributed by atoms with van der Waals surface area (Å²) < 4.78 is 16.4. The van der Waals surface area contributed by atoms with Crippen molar-refractivity contribution in [2.45, 2.75) is 72.6 Å². The van der Waals surface area contributed by atoms with E-state index < -0.39 is 11.6 Å². The molecule has 1 aromatic rings. The molecule has 0 bridgehead atoms. The third-order valence-electron chi connectivity index (χ3n) is 4.05. The van der Waals surface area contributed by atoms with Gasteiger partial charge in [0.05, 0.1) is 6.61 Å². The van der Waals surface area contributed by atoms with Crippen LogP contribution in [-0.4, -0.2) is 53.9 Å². The van der Waals surface area contributed by atoms with E-state index in [0.717, 1.165) is 0 Å². The van der Waals surface area contributed by atoms with Gasteiger partial charge in [-0.2, -0.15) is 0 Å². The molecule has 0 N–H and O–H groups in total. The quantitative estimate of drug-likeness (QED) is 0.546. The van der Waals surface area contributed by atoms with E-state index in [9.17, 15) is 9.59 Å². The second-order valence-corrected chi connectivity index (χ2v) is 8.76. The number of aromatic nitrogens is 1. The normalized spacial score (nSPS) is 13.9. The number of hydrogen-bond acceptors (Lipinski definition) is 7. The van der Waals surface area contributed by atoms with Gasteiger partial charge in [0.2, 0.25) is 0 Å². The zero-order valence-corrected chi connectivity index (χ0v) is 19.1. The van der Waals surface area contributed by atoms with E-state index in [4.69, 9.17) is 14.2 Å². The van der Waals surface area contributed by atoms with Gasteiger partial charge in [0, 0.05) is 31.5 Å². The van der Waals surface area contributed by atoms with E-state index in [-0.39, 0.29) is 29.9 Å². The van der Waals surface area contributed by atoms with Gasteiger partial charge >= 0.3 is 12.1 Å². The van der Waals surface area contributed by atoms with Crippen molar-refractivity contribution in [3.05, 3.63) is 16.1 Å². The Morgan fingerprint density at radius 2 is 1.86 bits per heavy atom. The van der Waals surface area contributed by atoms with E-state index in [1.165, 1.54) is 11.3 Å².